The minimum Gasteiger partial charge on any atom is -0.113 e. The van der Waals surface area contributed by atoms with Crippen LogP contribution in [0.2, 0.25) is 0 Å². The van der Waals surface area contributed by atoms with E-state index in [9.17, 15) is 4.57 Å². The average molecular weight is 301 g/mol. The summed E-state index contributed by atoms with van der Waals surface area (Å²) in [5.41, 5.74) is -0.503. The molecule has 0 aromatic heterocycles. The van der Waals surface area contributed by atoms with Gasteiger partial charge in [-0.05, 0) is 77.0 Å². The maximum atomic E-state index is 12.3. The van der Waals surface area contributed by atoms with E-state index in [1.807, 2.05) is 0 Å². The SMILES string of the molecule is CC1CCC(C)(O[P+](=O)OC2(C)CCC(C)CC2)CC1. The van der Waals surface area contributed by atoms with Gasteiger partial charge in [-0.15, -0.1) is 9.05 Å². The Balaban J connectivity index is 1.83. The molecule has 0 aromatic carbocycles. The standard InChI is InChI=1S/C16H30O3P/c1-13-5-9-15(3,10-6-13)18-20(17)19-16(4)11-7-14(2)8-12-16/h13-14H,5-12H2,1-4H3/q+1. The van der Waals surface area contributed by atoms with E-state index in [1.54, 1.807) is 0 Å². The summed E-state index contributed by atoms with van der Waals surface area (Å²) >= 11 is 0. The molecule has 2 saturated carbocycles. The Kier molecular flexibility index (Phi) is 5.26. The summed E-state index contributed by atoms with van der Waals surface area (Å²) in [5, 5.41) is 0. The Labute approximate surface area is 124 Å². The molecule has 0 spiro atoms. The Hall–Kier alpha value is 0.0200. The molecule has 0 atom stereocenters. The first-order valence-electron chi connectivity index (χ1n) is 8.16. The first kappa shape index (κ1) is 16.4. The van der Waals surface area contributed by atoms with E-state index in [-0.39, 0.29) is 11.2 Å². The van der Waals surface area contributed by atoms with Crippen LogP contribution >= 0.6 is 8.25 Å². The molecular weight excluding hydrogens is 271 g/mol. The van der Waals surface area contributed by atoms with Crippen LogP contribution in [-0.2, 0) is 13.6 Å². The van der Waals surface area contributed by atoms with Crippen molar-refractivity contribution in [1.29, 1.82) is 0 Å². The van der Waals surface area contributed by atoms with Crippen molar-refractivity contribution in [3.05, 3.63) is 0 Å². The van der Waals surface area contributed by atoms with Gasteiger partial charge in [0.1, 0.15) is 11.2 Å². The smallest absolute Gasteiger partial charge is 0.113 e. The highest BCUT2D eigenvalue weighted by atomic mass is 31.1. The molecule has 2 aliphatic carbocycles. The van der Waals surface area contributed by atoms with Gasteiger partial charge in [-0.3, -0.25) is 0 Å². The number of hydrogen-bond donors (Lipinski definition) is 0. The van der Waals surface area contributed by atoms with E-state index in [4.69, 9.17) is 9.05 Å². The van der Waals surface area contributed by atoms with Crippen LogP contribution in [0.5, 0.6) is 0 Å². The van der Waals surface area contributed by atoms with E-state index >= 15 is 0 Å². The molecule has 0 amide bonds. The van der Waals surface area contributed by atoms with Crippen LogP contribution in [0.3, 0.4) is 0 Å². The molecule has 0 bridgehead atoms. The molecule has 2 rings (SSSR count). The van der Waals surface area contributed by atoms with Crippen molar-refractivity contribution >= 4 is 8.25 Å². The van der Waals surface area contributed by atoms with Crippen LogP contribution in [0.25, 0.3) is 0 Å². The molecule has 0 aromatic rings. The lowest BCUT2D eigenvalue weighted by Crippen LogP contribution is -2.34. The summed E-state index contributed by atoms with van der Waals surface area (Å²) in [6, 6.07) is 0. The first-order chi connectivity index (χ1) is 9.30. The summed E-state index contributed by atoms with van der Waals surface area (Å²) in [6.07, 6.45) is 8.61. The minimum absolute atomic E-state index is 0.252. The Bertz CT molecular complexity index is 308. The highest BCUT2D eigenvalue weighted by Crippen LogP contribution is 2.46. The molecule has 0 radical (unpaired) electrons. The zero-order valence-corrected chi connectivity index (χ0v) is 14.4. The molecule has 116 valence electrons. The first-order valence-corrected chi connectivity index (χ1v) is 9.25. The predicted molar refractivity (Wildman–Crippen MR) is 81.9 cm³/mol. The lowest BCUT2D eigenvalue weighted by atomic mass is 9.81. The fourth-order valence-corrected chi connectivity index (χ4v) is 4.43. The second-order valence-electron chi connectivity index (χ2n) is 7.67. The molecule has 3 nitrogen and oxygen atoms in total. The summed E-state index contributed by atoms with van der Waals surface area (Å²) in [4.78, 5) is 0. The van der Waals surface area contributed by atoms with Gasteiger partial charge in [-0.25, -0.2) is 0 Å². The van der Waals surface area contributed by atoms with Gasteiger partial charge in [-0.1, -0.05) is 13.8 Å². The lowest BCUT2D eigenvalue weighted by molar-refractivity contribution is -0.0145. The van der Waals surface area contributed by atoms with Gasteiger partial charge in [0.25, 0.3) is 0 Å². The Morgan fingerprint density at radius 3 is 1.40 bits per heavy atom. The molecular formula is C16H30O3P+. The predicted octanol–water partition coefficient (Wildman–Crippen LogP) is 5.61. The third kappa shape index (κ3) is 4.51. The van der Waals surface area contributed by atoms with Gasteiger partial charge in [0.05, 0.1) is 0 Å². The van der Waals surface area contributed by atoms with Gasteiger partial charge >= 0.3 is 8.25 Å². The van der Waals surface area contributed by atoms with Gasteiger partial charge in [0.15, 0.2) is 0 Å². The average Bonchev–Trinajstić information content (AvgIpc) is 2.37. The largest absolute Gasteiger partial charge is 0.698 e. The van der Waals surface area contributed by atoms with E-state index in [0.717, 1.165) is 63.2 Å². The zero-order valence-electron chi connectivity index (χ0n) is 13.5. The van der Waals surface area contributed by atoms with Crippen molar-refractivity contribution < 1.29 is 13.6 Å². The minimum atomic E-state index is -2.00. The quantitative estimate of drug-likeness (QED) is 0.633. The molecule has 0 aliphatic heterocycles. The van der Waals surface area contributed by atoms with Crippen molar-refractivity contribution in [2.75, 3.05) is 0 Å². The topological polar surface area (TPSA) is 35.5 Å². The molecule has 0 unspecified atom stereocenters. The van der Waals surface area contributed by atoms with Gasteiger partial charge in [0, 0.05) is 4.57 Å². The third-order valence-electron chi connectivity index (χ3n) is 5.25. The van der Waals surface area contributed by atoms with Crippen LogP contribution < -0.4 is 0 Å². The lowest BCUT2D eigenvalue weighted by Gasteiger charge is -2.33. The number of hydrogen-bond acceptors (Lipinski definition) is 3. The molecule has 20 heavy (non-hydrogen) atoms. The van der Waals surface area contributed by atoms with Crippen molar-refractivity contribution in [3.63, 3.8) is 0 Å². The summed E-state index contributed by atoms with van der Waals surface area (Å²) in [5.74, 6) is 1.53. The fraction of sp³-hybridized carbons (Fsp3) is 1.00. The Morgan fingerprint density at radius 2 is 1.10 bits per heavy atom. The number of rotatable bonds is 4. The molecule has 0 N–H and O–H groups in total. The van der Waals surface area contributed by atoms with Gasteiger partial charge < -0.3 is 0 Å². The summed E-state index contributed by atoms with van der Waals surface area (Å²) in [6.45, 7) is 8.72. The van der Waals surface area contributed by atoms with Crippen LogP contribution in [0.1, 0.15) is 79.1 Å². The van der Waals surface area contributed by atoms with Crippen LogP contribution in [0.4, 0.5) is 0 Å². The van der Waals surface area contributed by atoms with Crippen LogP contribution in [0, 0.1) is 11.8 Å². The van der Waals surface area contributed by atoms with Crippen molar-refractivity contribution in [3.8, 4) is 0 Å². The van der Waals surface area contributed by atoms with E-state index in [0.29, 0.717) is 0 Å². The maximum absolute atomic E-state index is 12.3. The zero-order chi connectivity index (χ0) is 14.8. The molecule has 4 heteroatoms. The highest BCUT2D eigenvalue weighted by molar-refractivity contribution is 7.33. The molecule has 2 aliphatic rings. The maximum Gasteiger partial charge on any atom is 0.698 e. The Morgan fingerprint density at radius 1 is 0.800 bits per heavy atom. The second kappa shape index (κ2) is 6.42. The van der Waals surface area contributed by atoms with Gasteiger partial charge in [-0.2, -0.15) is 0 Å². The molecule has 0 saturated heterocycles. The monoisotopic (exact) mass is 301 g/mol. The van der Waals surface area contributed by atoms with Crippen molar-refractivity contribution in [1.82, 2.24) is 0 Å². The highest BCUT2D eigenvalue weighted by Gasteiger charge is 2.45. The summed E-state index contributed by atoms with van der Waals surface area (Å²) in [7, 11) is -2.00. The van der Waals surface area contributed by atoms with Gasteiger partial charge in [0.2, 0.25) is 0 Å². The normalized spacial score (nSPS) is 43.3. The van der Waals surface area contributed by atoms with Crippen molar-refractivity contribution in [2.24, 2.45) is 11.8 Å². The second-order valence-corrected chi connectivity index (χ2v) is 8.48. The molecule has 0 heterocycles. The van der Waals surface area contributed by atoms with E-state index in [2.05, 4.69) is 27.7 Å². The fourth-order valence-electron chi connectivity index (χ4n) is 3.31. The van der Waals surface area contributed by atoms with E-state index in [1.165, 1.54) is 0 Å². The van der Waals surface area contributed by atoms with Crippen molar-refractivity contribution in [2.45, 2.75) is 90.3 Å². The van der Waals surface area contributed by atoms with Crippen LogP contribution in [0.15, 0.2) is 0 Å². The van der Waals surface area contributed by atoms with Crippen LogP contribution in [-0.4, -0.2) is 11.2 Å². The summed E-state index contributed by atoms with van der Waals surface area (Å²) < 4.78 is 23.9. The van der Waals surface area contributed by atoms with E-state index < -0.39 is 8.25 Å². The third-order valence-corrected chi connectivity index (χ3v) is 6.43. The molecule has 2 fully saturated rings.